The minimum atomic E-state index is 0.774. The molecule has 2 rings (SSSR count). The quantitative estimate of drug-likeness (QED) is 0.825. The Labute approximate surface area is 121 Å². The van der Waals surface area contributed by atoms with Crippen molar-refractivity contribution >= 4 is 17.6 Å². The van der Waals surface area contributed by atoms with Crippen LogP contribution in [0.1, 0.15) is 18.9 Å². The normalized spacial score (nSPS) is 18.6. The van der Waals surface area contributed by atoms with Gasteiger partial charge in [0.25, 0.3) is 0 Å². The molecule has 1 unspecified atom stereocenters. The third-order valence-electron chi connectivity index (χ3n) is 3.91. The molecule has 1 atom stereocenters. The summed E-state index contributed by atoms with van der Waals surface area (Å²) in [6, 6.07) is 4.16. The zero-order chi connectivity index (χ0) is 13.7. The van der Waals surface area contributed by atoms with Crippen molar-refractivity contribution in [3.63, 3.8) is 0 Å². The number of aryl methyl sites for hydroxylation is 1. The third kappa shape index (κ3) is 4.11. The number of pyridine rings is 1. The van der Waals surface area contributed by atoms with E-state index in [1.165, 1.54) is 24.3 Å². The van der Waals surface area contributed by atoms with E-state index in [2.05, 4.69) is 41.0 Å². The highest BCUT2D eigenvalue weighted by Crippen LogP contribution is 2.18. The van der Waals surface area contributed by atoms with Crippen molar-refractivity contribution in [2.45, 2.75) is 25.5 Å². The first kappa shape index (κ1) is 14.7. The summed E-state index contributed by atoms with van der Waals surface area (Å²) in [4.78, 5) is 9.52. The van der Waals surface area contributed by atoms with E-state index in [9.17, 15) is 0 Å². The maximum atomic E-state index is 4.52. The molecule has 19 heavy (non-hydrogen) atoms. The molecule has 1 saturated heterocycles. The van der Waals surface area contributed by atoms with Crippen molar-refractivity contribution in [1.29, 1.82) is 0 Å². The molecule has 4 heteroatoms. The van der Waals surface area contributed by atoms with Gasteiger partial charge in [0.2, 0.25) is 0 Å². The van der Waals surface area contributed by atoms with Crippen molar-refractivity contribution in [1.82, 2.24) is 9.88 Å². The topological polar surface area (TPSA) is 19.4 Å². The molecule has 0 aromatic carbocycles. The molecule has 0 saturated carbocycles. The van der Waals surface area contributed by atoms with Gasteiger partial charge >= 0.3 is 0 Å². The molecule has 0 bridgehead atoms. The Kier molecular flexibility index (Phi) is 5.52. The highest BCUT2D eigenvalue weighted by Gasteiger charge is 2.19. The van der Waals surface area contributed by atoms with Gasteiger partial charge in [0, 0.05) is 37.6 Å². The smallest absolute Gasteiger partial charge is 0.131 e. The maximum absolute atomic E-state index is 4.52. The Balaban J connectivity index is 1.81. The van der Waals surface area contributed by atoms with E-state index in [1.54, 1.807) is 0 Å². The Hall–Kier alpha value is -0.740. The number of aromatic nitrogens is 1. The third-order valence-corrected chi connectivity index (χ3v) is 4.95. The van der Waals surface area contributed by atoms with Crippen LogP contribution in [0.4, 0.5) is 5.82 Å². The molecule has 1 aliphatic rings. The zero-order valence-electron chi connectivity index (χ0n) is 12.3. The van der Waals surface area contributed by atoms with Crippen LogP contribution < -0.4 is 4.90 Å². The average Bonchev–Trinajstić information content (AvgIpc) is 2.46. The standard InChI is InChI=1S/C15H25N3S/c1-13-5-4-7-16-15(13)18-11-9-17(10-12-18)8-6-14(2)19-3/h4-5,7,14H,6,8-12H2,1-3H3. The molecular formula is C15H25N3S. The van der Waals surface area contributed by atoms with E-state index in [0.717, 1.165) is 31.4 Å². The van der Waals surface area contributed by atoms with Crippen LogP contribution in [0.25, 0.3) is 0 Å². The van der Waals surface area contributed by atoms with E-state index >= 15 is 0 Å². The second kappa shape index (κ2) is 7.15. The number of thioether (sulfide) groups is 1. The molecule has 2 heterocycles. The molecule has 0 radical (unpaired) electrons. The van der Waals surface area contributed by atoms with Crippen LogP contribution in [0, 0.1) is 6.92 Å². The Bertz CT molecular complexity index is 389. The summed E-state index contributed by atoms with van der Waals surface area (Å²) < 4.78 is 0. The lowest BCUT2D eigenvalue weighted by Crippen LogP contribution is -2.47. The van der Waals surface area contributed by atoms with E-state index in [4.69, 9.17) is 0 Å². The van der Waals surface area contributed by atoms with Crippen molar-refractivity contribution in [3.8, 4) is 0 Å². The fourth-order valence-corrected chi connectivity index (χ4v) is 2.82. The van der Waals surface area contributed by atoms with E-state index in [1.807, 2.05) is 24.0 Å². The molecule has 0 spiro atoms. The van der Waals surface area contributed by atoms with Crippen molar-refractivity contribution in [2.24, 2.45) is 0 Å². The average molecular weight is 279 g/mol. The Morgan fingerprint density at radius 3 is 2.68 bits per heavy atom. The molecule has 1 aromatic rings. The number of rotatable bonds is 5. The van der Waals surface area contributed by atoms with Gasteiger partial charge in [0.1, 0.15) is 5.82 Å². The lowest BCUT2D eigenvalue weighted by molar-refractivity contribution is 0.254. The van der Waals surface area contributed by atoms with Crippen LogP contribution in [0.5, 0.6) is 0 Å². The van der Waals surface area contributed by atoms with Gasteiger partial charge < -0.3 is 4.90 Å². The van der Waals surface area contributed by atoms with E-state index in [-0.39, 0.29) is 0 Å². The summed E-state index contributed by atoms with van der Waals surface area (Å²) in [7, 11) is 0. The van der Waals surface area contributed by atoms with Gasteiger partial charge in [-0.25, -0.2) is 4.98 Å². The number of hydrogen-bond acceptors (Lipinski definition) is 4. The fraction of sp³-hybridized carbons (Fsp3) is 0.667. The number of anilines is 1. The fourth-order valence-electron chi connectivity index (χ4n) is 2.47. The molecule has 1 fully saturated rings. The molecule has 1 aromatic heterocycles. The summed E-state index contributed by atoms with van der Waals surface area (Å²) in [5.41, 5.74) is 1.28. The maximum Gasteiger partial charge on any atom is 0.131 e. The minimum absolute atomic E-state index is 0.774. The van der Waals surface area contributed by atoms with Crippen molar-refractivity contribution in [2.75, 3.05) is 43.9 Å². The van der Waals surface area contributed by atoms with Gasteiger partial charge in [-0.1, -0.05) is 13.0 Å². The zero-order valence-corrected chi connectivity index (χ0v) is 13.1. The first-order valence-corrected chi connectivity index (χ1v) is 8.41. The molecule has 0 amide bonds. The second-order valence-electron chi connectivity index (χ2n) is 5.31. The highest BCUT2D eigenvalue weighted by molar-refractivity contribution is 7.99. The van der Waals surface area contributed by atoms with Gasteiger partial charge in [-0.2, -0.15) is 11.8 Å². The van der Waals surface area contributed by atoms with Gasteiger partial charge in [-0.3, -0.25) is 4.90 Å². The van der Waals surface area contributed by atoms with Gasteiger partial charge in [-0.05, 0) is 37.8 Å². The summed E-state index contributed by atoms with van der Waals surface area (Å²) in [6.07, 6.45) is 5.39. The van der Waals surface area contributed by atoms with E-state index in [0.29, 0.717) is 0 Å². The van der Waals surface area contributed by atoms with Crippen LogP contribution in [-0.2, 0) is 0 Å². The van der Waals surface area contributed by atoms with Crippen molar-refractivity contribution < 1.29 is 0 Å². The lowest BCUT2D eigenvalue weighted by atomic mass is 10.2. The van der Waals surface area contributed by atoms with Crippen LogP contribution >= 0.6 is 11.8 Å². The molecule has 3 nitrogen and oxygen atoms in total. The number of piperazine rings is 1. The van der Waals surface area contributed by atoms with Crippen LogP contribution in [-0.4, -0.2) is 54.1 Å². The van der Waals surface area contributed by atoms with Gasteiger partial charge in [0.05, 0.1) is 0 Å². The molecule has 1 aliphatic heterocycles. The summed E-state index contributed by atoms with van der Waals surface area (Å²) >= 11 is 1.97. The predicted octanol–water partition coefficient (Wildman–Crippen LogP) is 2.65. The molecule has 0 N–H and O–H groups in total. The number of hydrogen-bond donors (Lipinski definition) is 0. The SMILES string of the molecule is CSC(C)CCN1CCN(c2ncccc2C)CC1. The van der Waals surface area contributed by atoms with Crippen LogP contribution in [0.2, 0.25) is 0 Å². The summed E-state index contributed by atoms with van der Waals surface area (Å²) in [5, 5.41) is 0.774. The second-order valence-corrected chi connectivity index (χ2v) is 6.58. The van der Waals surface area contributed by atoms with Crippen molar-refractivity contribution in [3.05, 3.63) is 23.9 Å². The first-order chi connectivity index (χ1) is 9.20. The minimum Gasteiger partial charge on any atom is -0.354 e. The molecular weight excluding hydrogens is 254 g/mol. The lowest BCUT2D eigenvalue weighted by Gasteiger charge is -2.36. The monoisotopic (exact) mass is 279 g/mol. The van der Waals surface area contributed by atoms with Gasteiger partial charge in [0.15, 0.2) is 0 Å². The number of nitrogens with zero attached hydrogens (tertiary/aromatic N) is 3. The predicted molar refractivity (Wildman–Crippen MR) is 85.2 cm³/mol. The van der Waals surface area contributed by atoms with E-state index < -0.39 is 0 Å². The summed E-state index contributed by atoms with van der Waals surface area (Å²) in [5.74, 6) is 1.17. The van der Waals surface area contributed by atoms with Crippen LogP contribution in [0.3, 0.4) is 0 Å². The largest absolute Gasteiger partial charge is 0.354 e. The first-order valence-electron chi connectivity index (χ1n) is 7.12. The molecule has 106 valence electrons. The highest BCUT2D eigenvalue weighted by atomic mass is 32.2. The Morgan fingerprint density at radius 1 is 1.32 bits per heavy atom. The Morgan fingerprint density at radius 2 is 2.05 bits per heavy atom. The molecule has 0 aliphatic carbocycles. The summed E-state index contributed by atoms with van der Waals surface area (Å²) in [6.45, 7) is 10.2. The van der Waals surface area contributed by atoms with Crippen LogP contribution in [0.15, 0.2) is 18.3 Å². The van der Waals surface area contributed by atoms with Gasteiger partial charge in [-0.15, -0.1) is 0 Å².